The lowest BCUT2D eigenvalue weighted by Gasteiger charge is -2.15. The first-order valence-electron chi connectivity index (χ1n) is 8.47. The highest BCUT2D eigenvalue weighted by Crippen LogP contribution is 2.35. The molecule has 1 aromatic carbocycles. The van der Waals surface area contributed by atoms with E-state index in [4.69, 9.17) is 14.7 Å². The van der Waals surface area contributed by atoms with E-state index in [0.717, 1.165) is 12.1 Å². The third kappa shape index (κ3) is 5.05. The number of rotatable bonds is 5. The van der Waals surface area contributed by atoms with Gasteiger partial charge >= 0.3 is 6.18 Å². The Morgan fingerprint density at radius 1 is 1.10 bits per heavy atom. The van der Waals surface area contributed by atoms with E-state index in [-0.39, 0.29) is 22.9 Å². The predicted octanol–water partition coefficient (Wildman–Crippen LogP) is 4.56. The van der Waals surface area contributed by atoms with Gasteiger partial charge in [-0.2, -0.15) is 18.4 Å². The molecule has 2 aromatic heterocycles. The van der Waals surface area contributed by atoms with Crippen LogP contribution < -0.4 is 14.8 Å². The fraction of sp³-hybridized carbons (Fsp3) is 0.100. The monoisotopic (exact) mass is 432 g/mol. The van der Waals surface area contributed by atoms with Gasteiger partial charge in [0.2, 0.25) is 5.88 Å². The maximum Gasteiger partial charge on any atom is 0.417 e. The van der Waals surface area contributed by atoms with Gasteiger partial charge in [-0.15, -0.1) is 0 Å². The molecule has 0 saturated heterocycles. The van der Waals surface area contributed by atoms with Crippen molar-refractivity contribution in [2.24, 2.45) is 0 Å². The molecule has 0 atom stereocenters. The van der Waals surface area contributed by atoms with Gasteiger partial charge in [-0.05, 0) is 30.3 Å². The quantitative estimate of drug-likeness (QED) is 0.594. The highest BCUT2D eigenvalue weighted by atomic mass is 19.4. The number of benzene rings is 1. The molecule has 0 aliphatic carbocycles. The Balaban J connectivity index is 1.99. The molecule has 0 spiro atoms. The van der Waals surface area contributed by atoms with Crippen LogP contribution in [0.1, 0.15) is 21.6 Å². The molecule has 2 heterocycles. The van der Waals surface area contributed by atoms with Crippen molar-refractivity contribution in [2.45, 2.75) is 6.18 Å². The molecular weight excluding hydrogens is 420 g/mol. The van der Waals surface area contributed by atoms with Crippen LogP contribution in [0.4, 0.5) is 23.2 Å². The molecule has 11 heteroatoms. The topological polar surface area (TPSA) is 97.1 Å². The molecule has 3 aromatic rings. The van der Waals surface area contributed by atoms with E-state index in [2.05, 4.69) is 15.3 Å². The lowest BCUT2D eigenvalue weighted by Crippen LogP contribution is -2.16. The number of hydrogen-bond donors (Lipinski definition) is 1. The van der Waals surface area contributed by atoms with E-state index in [1.165, 1.54) is 31.5 Å². The van der Waals surface area contributed by atoms with Gasteiger partial charge in [0, 0.05) is 12.3 Å². The first kappa shape index (κ1) is 21.5. The first-order chi connectivity index (χ1) is 14.7. The van der Waals surface area contributed by atoms with Gasteiger partial charge in [0.05, 0.1) is 24.6 Å². The number of nitrogens with zero attached hydrogens (tertiary/aromatic N) is 3. The van der Waals surface area contributed by atoms with Crippen molar-refractivity contribution >= 4 is 11.6 Å². The molecule has 158 valence electrons. The number of methoxy groups -OCH3 is 1. The number of ether oxygens (including phenoxy) is 2. The van der Waals surface area contributed by atoms with Gasteiger partial charge in [0.15, 0.2) is 11.5 Å². The number of alkyl halides is 3. The molecule has 0 saturated carbocycles. The van der Waals surface area contributed by atoms with E-state index in [0.29, 0.717) is 12.3 Å². The molecule has 31 heavy (non-hydrogen) atoms. The number of amides is 1. The Morgan fingerprint density at radius 3 is 2.48 bits per heavy atom. The summed E-state index contributed by atoms with van der Waals surface area (Å²) >= 11 is 0. The lowest BCUT2D eigenvalue weighted by molar-refractivity contribution is -0.137. The summed E-state index contributed by atoms with van der Waals surface area (Å²) in [7, 11) is 1.24. The Bertz CT molecular complexity index is 1160. The molecule has 1 N–H and O–H groups in total. The Labute approximate surface area is 172 Å². The normalized spacial score (nSPS) is 10.8. The average Bonchev–Trinajstić information content (AvgIpc) is 2.74. The van der Waals surface area contributed by atoms with Crippen molar-refractivity contribution in [1.29, 1.82) is 5.26 Å². The van der Waals surface area contributed by atoms with Gasteiger partial charge < -0.3 is 14.8 Å². The van der Waals surface area contributed by atoms with E-state index in [1.807, 2.05) is 0 Å². The van der Waals surface area contributed by atoms with E-state index >= 15 is 0 Å². The van der Waals surface area contributed by atoms with E-state index in [9.17, 15) is 22.4 Å². The summed E-state index contributed by atoms with van der Waals surface area (Å²) in [5.74, 6) is -2.18. The van der Waals surface area contributed by atoms with Gasteiger partial charge in [-0.1, -0.05) is 0 Å². The zero-order valence-electron chi connectivity index (χ0n) is 15.7. The van der Waals surface area contributed by atoms with Crippen LogP contribution in [0, 0.1) is 17.1 Å². The van der Waals surface area contributed by atoms with Crippen molar-refractivity contribution in [3.8, 4) is 23.4 Å². The van der Waals surface area contributed by atoms with Crippen molar-refractivity contribution in [2.75, 3.05) is 12.4 Å². The standard InChI is InChI=1S/C20H12F4N4O3/c1-30-17-7-12(21)2-5-16(17)31-19-15(6-11(9-27-19)20(22,23)24)18(29)28-14-4-3-13(8-25)26-10-14/h2-7,9-10H,1H3,(H,28,29). The van der Waals surface area contributed by atoms with Crippen LogP contribution in [0.25, 0.3) is 0 Å². The minimum absolute atomic E-state index is 0.0515. The van der Waals surface area contributed by atoms with Crippen molar-refractivity contribution < 1.29 is 31.8 Å². The van der Waals surface area contributed by atoms with Crippen molar-refractivity contribution in [1.82, 2.24) is 9.97 Å². The van der Waals surface area contributed by atoms with Crippen LogP contribution in [0.5, 0.6) is 17.4 Å². The minimum Gasteiger partial charge on any atom is -0.493 e. The maximum absolute atomic E-state index is 13.4. The molecule has 7 nitrogen and oxygen atoms in total. The Hall–Kier alpha value is -4.20. The van der Waals surface area contributed by atoms with Crippen LogP contribution in [-0.4, -0.2) is 23.0 Å². The predicted molar refractivity (Wildman–Crippen MR) is 99.2 cm³/mol. The number of carbonyl (C=O) groups is 1. The van der Waals surface area contributed by atoms with Crippen LogP contribution in [0.15, 0.2) is 48.8 Å². The molecule has 0 aliphatic heterocycles. The SMILES string of the molecule is COc1cc(F)ccc1Oc1ncc(C(F)(F)F)cc1C(=O)Nc1ccc(C#N)nc1. The second kappa shape index (κ2) is 8.66. The number of aromatic nitrogens is 2. The highest BCUT2D eigenvalue weighted by Gasteiger charge is 2.33. The zero-order valence-corrected chi connectivity index (χ0v) is 15.7. The summed E-state index contributed by atoms with van der Waals surface area (Å²) in [6.07, 6.45) is -3.09. The second-order valence-electron chi connectivity index (χ2n) is 5.97. The molecule has 1 amide bonds. The maximum atomic E-state index is 13.4. The van der Waals surface area contributed by atoms with Crippen LogP contribution in [0.3, 0.4) is 0 Å². The summed E-state index contributed by atoms with van der Waals surface area (Å²) in [6, 6.07) is 8.27. The Kier molecular flexibility index (Phi) is 6.01. The zero-order chi connectivity index (χ0) is 22.6. The number of anilines is 1. The molecule has 0 radical (unpaired) electrons. The van der Waals surface area contributed by atoms with Crippen molar-refractivity contribution in [3.63, 3.8) is 0 Å². The lowest BCUT2D eigenvalue weighted by atomic mass is 10.1. The second-order valence-corrected chi connectivity index (χ2v) is 5.97. The molecule has 0 bridgehead atoms. The highest BCUT2D eigenvalue weighted by molar-refractivity contribution is 6.06. The summed E-state index contributed by atoms with van der Waals surface area (Å²) in [5.41, 5.74) is -1.49. The van der Waals surface area contributed by atoms with Gasteiger partial charge in [-0.3, -0.25) is 4.79 Å². The van der Waals surface area contributed by atoms with Gasteiger partial charge in [0.25, 0.3) is 5.91 Å². The molecule has 3 rings (SSSR count). The van der Waals surface area contributed by atoms with Gasteiger partial charge in [0.1, 0.15) is 23.1 Å². The number of nitriles is 1. The molecule has 0 aliphatic rings. The van der Waals surface area contributed by atoms with Crippen LogP contribution in [0.2, 0.25) is 0 Å². The van der Waals surface area contributed by atoms with Crippen LogP contribution in [-0.2, 0) is 6.18 Å². The number of carbonyl (C=O) groups excluding carboxylic acids is 1. The smallest absolute Gasteiger partial charge is 0.417 e. The fourth-order valence-corrected chi connectivity index (χ4v) is 2.41. The van der Waals surface area contributed by atoms with E-state index in [1.54, 1.807) is 6.07 Å². The Morgan fingerprint density at radius 2 is 1.87 bits per heavy atom. The van der Waals surface area contributed by atoms with E-state index < -0.39 is 34.9 Å². The molecule has 0 fully saturated rings. The fourth-order valence-electron chi connectivity index (χ4n) is 2.41. The van der Waals surface area contributed by atoms with Gasteiger partial charge in [-0.25, -0.2) is 14.4 Å². The van der Waals surface area contributed by atoms with Crippen molar-refractivity contribution in [3.05, 3.63) is 71.4 Å². The molecular formula is C20H12F4N4O3. The minimum atomic E-state index is -4.76. The molecule has 0 unspecified atom stereocenters. The summed E-state index contributed by atoms with van der Waals surface area (Å²) < 4.78 is 63.3. The average molecular weight is 432 g/mol. The van der Waals surface area contributed by atoms with Crippen LogP contribution >= 0.6 is 0 Å². The first-order valence-corrected chi connectivity index (χ1v) is 8.47. The third-order valence-corrected chi connectivity index (χ3v) is 3.89. The summed E-state index contributed by atoms with van der Waals surface area (Å²) in [4.78, 5) is 20.1. The number of halogens is 4. The third-order valence-electron chi connectivity index (χ3n) is 3.89. The number of nitrogens with one attached hydrogen (secondary N) is 1. The summed E-state index contributed by atoms with van der Waals surface area (Å²) in [6.45, 7) is 0. The number of pyridine rings is 2. The summed E-state index contributed by atoms with van der Waals surface area (Å²) in [5, 5.41) is 11.1. The largest absolute Gasteiger partial charge is 0.493 e. The number of hydrogen-bond acceptors (Lipinski definition) is 6.